The third-order valence-corrected chi connectivity index (χ3v) is 3.68. The zero-order valence-corrected chi connectivity index (χ0v) is 12.8. The molecular formula is C16H13ClO3S. The van der Waals surface area contributed by atoms with Crippen LogP contribution in [-0.2, 0) is 4.79 Å². The van der Waals surface area contributed by atoms with E-state index in [0.29, 0.717) is 22.1 Å². The van der Waals surface area contributed by atoms with E-state index < -0.39 is 5.97 Å². The number of para-hydroxylation sites is 1. The van der Waals surface area contributed by atoms with E-state index in [2.05, 4.69) is 0 Å². The maximum absolute atomic E-state index is 10.7. The summed E-state index contributed by atoms with van der Waals surface area (Å²) >= 11 is 7.57. The highest BCUT2D eigenvalue weighted by Crippen LogP contribution is 2.34. The van der Waals surface area contributed by atoms with E-state index in [0.717, 1.165) is 11.0 Å². The van der Waals surface area contributed by atoms with Gasteiger partial charge in [-0.15, -0.1) is 11.8 Å². The Morgan fingerprint density at radius 2 is 2.00 bits per heavy atom. The number of carboxylic acid groups (broad SMARTS) is 1. The van der Waals surface area contributed by atoms with Crippen molar-refractivity contribution in [1.82, 2.24) is 0 Å². The van der Waals surface area contributed by atoms with Crippen molar-refractivity contribution >= 4 is 35.4 Å². The molecule has 5 heteroatoms. The van der Waals surface area contributed by atoms with Gasteiger partial charge in [-0.3, -0.25) is 0 Å². The maximum Gasteiger partial charge on any atom is 0.328 e. The normalized spacial score (nSPS) is 10.8. The lowest BCUT2D eigenvalue weighted by atomic mass is 10.2. The van der Waals surface area contributed by atoms with Crippen molar-refractivity contribution in [3.05, 3.63) is 59.1 Å². The fourth-order valence-electron chi connectivity index (χ4n) is 1.72. The van der Waals surface area contributed by atoms with Crippen LogP contribution in [0.15, 0.2) is 53.4 Å². The Balaban J connectivity index is 2.38. The van der Waals surface area contributed by atoms with Crippen molar-refractivity contribution in [2.45, 2.75) is 4.90 Å². The third-order valence-electron chi connectivity index (χ3n) is 2.67. The Morgan fingerprint density at radius 1 is 1.24 bits per heavy atom. The summed E-state index contributed by atoms with van der Waals surface area (Å²) in [4.78, 5) is 11.6. The zero-order valence-electron chi connectivity index (χ0n) is 11.2. The third kappa shape index (κ3) is 4.28. The Bertz CT molecular complexity index is 683. The van der Waals surface area contributed by atoms with Crippen molar-refractivity contribution in [3.8, 4) is 11.5 Å². The van der Waals surface area contributed by atoms with Gasteiger partial charge in [0.25, 0.3) is 0 Å². The van der Waals surface area contributed by atoms with Crippen molar-refractivity contribution in [1.29, 1.82) is 0 Å². The van der Waals surface area contributed by atoms with Crippen LogP contribution in [0.25, 0.3) is 6.08 Å². The lowest BCUT2D eigenvalue weighted by Crippen LogP contribution is -1.91. The number of halogens is 1. The van der Waals surface area contributed by atoms with E-state index in [4.69, 9.17) is 21.4 Å². The first-order chi connectivity index (χ1) is 10.1. The van der Waals surface area contributed by atoms with Crippen molar-refractivity contribution in [2.75, 3.05) is 6.26 Å². The summed E-state index contributed by atoms with van der Waals surface area (Å²) in [6.45, 7) is 0. The van der Waals surface area contributed by atoms with E-state index in [1.54, 1.807) is 30.0 Å². The maximum atomic E-state index is 10.7. The number of thioether (sulfide) groups is 1. The number of carboxylic acids is 1. The number of hydrogen-bond acceptors (Lipinski definition) is 3. The minimum atomic E-state index is -1.01. The molecule has 0 spiro atoms. The topological polar surface area (TPSA) is 46.5 Å². The van der Waals surface area contributed by atoms with Crippen LogP contribution in [0.1, 0.15) is 5.56 Å². The number of hydrogen-bond donors (Lipinski definition) is 1. The van der Waals surface area contributed by atoms with Gasteiger partial charge < -0.3 is 9.84 Å². The lowest BCUT2D eigenvalue weighted by Gasteiger charge is -2.12. The number of benzene rings is 2. The molecule has 2 rings (SSSR count). The molecule has 0 saturated heterocycles. The second-order valence-electron chi connectivity index (χ2n) is 4.11. The highest BCUT2D eigenvalue weighted by atomic mass is 35.5. The molecule has 0 aliphatic heterocycles. The summed E-state index contributed by atoms with van der Waals surface area (Å²) in [6, 6.07) is 12.7. The van der Waals surface area contributed by atoms with Gasteiger partial charge in [0, 0.05) is 27.6 Å². The average Bonchev–Trinajstić information content (AvgIpc) is 2.47. The van der Waals surface area contributed by atoms with Crippen LogP contribution < -0.4 is 4.74 Å². The fourth-order valence-corrected chi connectivity index (χ4v) is 2.40. The molecule has 0 heterocycles. The molecule has 0 fully saturated rings. The van der Waals surface area contributed by atoms with Crippen LogP contribution in [0.2, 0.25) is 5.02 Å². The molecule has 0 aliphatic rings. The van der Waals surface area contributed by atoms with Gasteiger partial charge in [0.15, 0.2) is 0 Å². The molecule has 0 atom stereocenters. The van der Waals surface area contributed by atoms with Crippen LogP contribution in [0.5, 0.6) is 11.5 Å². The highest BCUT2D eigenvalue weighted by Gasteiger charge is 2.07. The van der Waals surface area contributed by atoms with Crippen LogP contribution >= 0.6 is 23.4 Å². The van der Waals surface area contributed by atoms with Gasteiger partial charge >= 0.3 is 5.97 Å². The summed E-state index contributed by atoms with van der Waals surface area (Å²) in [6.07, 6.45) is 4.51. The first-order valence-corrected chi connectivity index (χ1v) is 7.72. The monoisotopic (exact) mass is 320 g/mol. The zero-order chi connectivity index (χ0) is 15.2. The van der Waals surface area contributed by atoms with Crippen LogP contribution in [0.3, 0.4) is 0 Å². The average molecular weight is 321 g/mol. The molecule has 108 valence electrons. The molecular weight excluding hydrogens is 308 g/mol. The van der Waals surface area contributed by atoms with Gasteiger partial charge in [-0.05, 0) is 36.6 Å². The van der Waals surface area contributed by atoms with Gasteiger partial charge in [0.1, 0.15) is 11.5 Å². The number of rotatable bonds is 5. The Kier molecular flexibility index (Phi) is 5.31. The van der Waals surface area contributed by atoms with E-state index in [-0.39, 0.29) is 0 Å². The molecule has 0 amide bonds. The van der Waals surface area contributed by atoms with E-state index in [1.165, 1.54) is 6.08 Å². The largest absolute Gasteiger partial charge is 0.478 e. The number of aliphatic carboxylic acids is 1. The second-order valence-corrected chi connectivity index (χ2v) is 5.39. The molecule has 0 bridgehead atoms. The molecule has 0 unspecified atom stereocenters. The molecule has 2 aromatic rings. The minimum absolute atomic E-state index is 0.515. The van der Waals surface area contributed by atoms with Gasteiger partial charge in [0.2, 0.25) is 0 Å². The van der Waals surface area contributed by atoms with E-state index in [9.17, 15) is 4.79 Å². The minimum Gasteiger partial charge on any atom is -0.478 e. The molecule has 1 N–H and O–H groups in total. The van der Waals surface area contributed by atoms with E-state index >= 15 is 0 Å². The van der Waals surface area contributed by atoms with Gasteiger partial charge in [-0.1, -0.05) is 23.7 Å². The predicted molar refractivity (Wildman–Crippen MR) is 86.4 cm³/mol. The number of carbonyl (C=O) groups is 1. The lowest BCUT2D eigenvalue weighted by molar-refractivity contribution is -0.131. The first-order valence-electron chi connectivity index (χ1n) is 6.11. The van der Waals surface area contributed by atoms with Crippen LogP contribution in [0, 0.1) is 0 Å². The standard InChI is InChI=1S/C16H13ClO3S/c1-21-15-5-3-2-4-13(15)20-14-10-12(17)8-6-11(14)7-9-16(18)19/h2-10H,1H3,(H,18,19)/b9-7+. The first kappa shape index (κ1) is 15.5. The molecule has 0 radical (unpaired) electrons. The Labute approximate surface area is 132 Å². The summed E-state index contributed by atoms with van der Waals surface area (Å²) in [7, 11) is 0. The van der Waals surface area contributed by atoms with Gasteiger partial charge in [-0.25, -0.2) is 4.79 Å². The molecule has 21 heavy (non-hydrogen) atoms. The highest BCUT2D eigenvalue weighted by molar-refractivity contribution is 7.98. The van der Waals surface area contributed by atoms with Crippen molar-refractivity contribution in [2.24, 2.45) is 0 Å². The summed E-state index contributed by atoms with van der Waals surface area (Å²) in [5.74, 6) is 0.208. The van der Waals surface area contributed by atoms with Crippen LogP contribution in [0.4, 0.5) is 0 Å². The summed E-state index contributed by atoms with van der Waals surface area (Å²) in [5, 5.41) is 9.26. The van der Waals surface area contributed by atoms with E-state index in [1.807, 2.05) is 30.5 Å². The fraction of sp³-hybridized carbons (Fsp3) is 0.0625. The summed E-state index contributed by atoms with van der Waals surface area (Å²) in [5.41, 5.74) is 0.651. The molecule has 0 aliphatic carbocycles. The molecule has 2 aromatic carbocycles. The molecule has 3 nitrogen and oxygen atoms in total. The smallest absolute Gasteiger partial charge is 0.328 e. The molecule has 0 saturated carbocycles. The quantitative estimate of drug-likeness (QED) is 0.625. The van der Waals surface area contributed by atoms with Gasteiger partial charge in [0.05, 0.1) is 0 Å². The van der Waals surface area contributed by atoms with Crippen molar-refractivity contribution in [3.63, 3.8) is 0 Å². The van der Waals surface area contributed by atoms with Crippen molar-refractivity contribution < 1.29 is 14.6 Å². The van der Waals surface area contributed by atoms with Crippen LogP contribution in [-0.4, -0.2) is 17.3 Å². The Morgan fingerprint density at radius 3 is 2.71 bits per heavy atom. The summed E-state index contributed by atoms with van der Waals surface area (Å²) < 4.78 is 5.90. The SMILES string of the molecule is CSc1ccccc1Oc1cc(Cl)ccc1/C=C/C(=O)O. The second kappa shape index (κ2) is 7.20. The predicted octanol–water partition coefficient (Wildman–Crippen LogP) is 4.95. The number of ether oxygens (including phenoxy) is 1. The van der Waals surface area contributed by atoms with Gasteiger partial charge in [-0.2, -0.15) is 0 Å². The molecule has 0 aromatic heterocycles. The Hall–Kier alpha value is -1.91.